The van der Waals surface area contributed by atoms with Gasteiger partial charge in [-0.05, 0) is 18.6 Å². The number of carboxylic acids is 1. The van der Waals surface area contributed by atoms with Crippen molar-refractivity contribution in [3.63, 3.8) is 0 Å². The van der Waals surface area contributed by atoms with Gasteiger partial charge in [-0.3, -0.25) is 14.7 Å². The lowest BCUT2D eigenvalue weighted by molar-refractivity contribution is -0.139. The number of aliphatic carboxylic acids is 1. The fourth-order valence-corrected chi connectivity index (χ4v) is 3.30. The Morgan fingerprint density at radius 2 is 2.15 bits per heavy atom. The van der Waals surface area contributed by atoms with E-state index >= 15 is 0 Å². The summed E-state index contributed by atoms with van der Waals surface area (Å²) in [6, 6.07) is 3.67. The van der Waals surface area contributed by atoms with Crippen LogP contribution in [0.15, 0.2) is 36.9 Å². The van der Waals surface area contributed by atoms with Gasteiger partial charge in [0.1, 0.15) is 17.7 Å². The highest BCUT2D eigenvalue weighted by Gasteiger charge is 2.32. The van der Waals surface area contributed by atoms with E-state index in [-0.39, 0.29) is 18.4 Å². The van der Waals surface area contributed by atoms with Crippen molar-refractivity contribution >= 4 is 5.97 Å². The van der Waals surface area contributed by atoms with Crippen LogP contribution in [0, 0.1) is 5.92 Å². The van der Waals surface area contributed by atoms with Gasteiger partial charge in [0.05, 0.1) is 12.6 Å². The number of nitrogens with zero attached hydrogens (tertiary/aromatic N) is 4. The molecule has 1 N–H and O–H groups in total. The number of likely N-dealkylation sites (tertiary alicyclic amines) is 1. The maximum Gasteiger partial charge on any atom is 0.303 e. The zero-order chi connectivity index (χ0) is 18.4. The van der Waals surface area contributed by atoms with Gasteiger partial charge in [-0.15, -0.1) is 0 Å². The molecule has 2 aromatic heterocycles. The summed E-state index contributed by atoms with van der Waals surface area (Å²) in [6.07, 6.45) is 8.63. The van der Waals surface area contributed by atoms with Crippen LogP contribution in [0.3, 0.4) is 0 Å². The fraction of sp³-hybridized carbons (Fsp3) is 0.474. The number of ether oxygens (including phenoxy) is 1. The van der Waals surface area contributed by atoms with Crippen molar-refractivity contribution in [1.29, 1.82) is 0 Å². The summed E-state index contributed by atoms with van der Waals surface area (Å²) >= 11 is 0. The summed E-state index contributed by atoms with van der Waals surface area (Å²) in [5, 5.41) is 9.28. The molecule has 0 aromatic carbocycles. The van der Waals surface area contributed by atoms with Crippen LogP contribution in [-0.4, -0.2) is 50.1 Å². The van der Waals surface area contributed by atoms with E-state index in [0.717, 1.165) is 37.3 Å². The van der Waals surface area contributed by atoms with Crippen LogP contribution < -0.4 is 4.74 Å². The number of carboxylic acid groups (broad SMARTS) is 1. The van der Waals surface area contributed by atoms with Gasteiger partial charge >= 0.3 is 5.97 Å². The SMILES string of the molecule is CCc1ncc(CN2CC[C@@H](Oc3cccnc3)[C@H](CC(=O)O)C2)cn1. The number of aryl methyl sites for hydroxylation is 1. The van der Waals surface area contributed by atoms with Gasteiger partial charge in [-0.1, -0.05) is 6.92 Å². The molecular formula is C19H24N4O3. The Balaban J connectivity index is 1.63. The predicted octanol–water partition coefficient (Wildman–Crippen LogP) is 2.18. The van der Waals surface area contributed by atoms with Gasteiger partial charge < -0.3 is 9.84 Å². The van der Waals surface area contributed by atoms with E-state index in [1.54, 1.807) is 12.4 Å². The molecule has 1 aliphatic heterocycles. The van der Waals surface area contributed by atoms with Gasteiger partial charge in [0, 0.05) is 56.1 Å². The highest BCUT2D eigenvalue weighted by atomic mass is 16.5. The van der Waals surface area contributed by atoms with Crippen LogP contribution in [0.25, 0.3) is 0 Å². The lowest BCUT2D eigenvalue weighted by Gasteiger charge is -2.37. The molecule has 1 aliphatic rings. The van der Waals surface area contributed by atoms with E-state index in [1.807, 2.05) is 31.5 Å². The van der Waals surface area contributed by atoms with Gasteiger partial charge in [-0.25, -0.2) is 9.97 Å². The minimum Gasteiger partial charge on any atom is -0.488 e. The largest absolute Gasteiger partial charge is 0.488 e. The zero-order valence-electron chi connectivity index (χ0n) is 14.9. The molecule has 1 saturated heterocycles. The van der Waals surface area contributed by atoms with Crippen LogP contribution in [0.2, 0.25) is 0 Å². The molecule has 138 valence electrons. The van der Waals surface area contributed by atoms with Crippen molar-refractivity contribution in [2.45, 2.75) is 38.8 Å². The van der Waals surface area contributed by atoms with E-state index in [2.05, 4.69) is 19.9 Å². The first kappa shape index (κ1) is 18.3. The number of aromatic nitrogens is 3. The summed E-state index contributed by atoms with van der Waals surface area (Å²) < 4.78 is 6.02. The van der Waals surface area contributed by atoms with Crippen molar-refractivity contribution in [2.75, 3.05) is 13.1 Å². The second kappa shape index (κ2) is 8.71. The molecule has 7 nitrogen and oxygen atoms in total. The number of piperidine rings is 1. The molecule has 0 saturated carbocycles. The maximum absolute atomic E-state index is 11.3. The van der Waals surface area contributed by atoms with Crippen LogP contribution in [0.5, 0.6) is 5.75 Å². The van der Waals surface area contributed by atoms with Gasteiger partial charge in [0.15, 0.2) is 0 Å². The van der Waals surface area contributed by atoms with Gasteiger partial charge in [0.2, 0.25) is 0 Å². The van der Waals surface area contributed by atoms with Crippen molar-refractivity contribution < 1.29 is 14.6 Å². The first-order valence-corrected chi connectivity index (χ1v) is 8.94. The third-order valence-corrected chi connectivity index (χ3v) is 4.59. The number of rotatable bonds is 7. The first-order valence-electron chi connectivity index (χ1n) is 8.94. The highest BCUT2D eigenvalue weighted by Crippen LogP contribution is 2.26. The van der Waals surface area contributed by atoms with E-state index < -0.39 is 5.97 Å². The molecule has 0 spiro atoms. The Morgan fingerprint density at radius 3 is 2.81 bits per heavy atom. The third-order valence-electron chi connectivity index (χ3n) is 4.59. The standard InChI is InChI=1S/C19H24N4O3/c1-2-18-21-9-14(10-22-18)12-23-7-5-17(15(13-23)8-19(24)25)26-16-4-3-6-20-11-16/h3-4,6,9-11,15,17H,2,5,7-8,12-13H2,1H3,(H,24,25)/t15-,17-/m1/s1. The summed E-state index contributed by atoms with van der Waals surface area (Å²) in [4.78, 5) is 26.3. The Hall–Kier alpha value is -2.54. The molecule has 3 rings (SSSR count). The van der Waals surface area contributed by atoms with Crippen molar-refractivity contribution in [3.8, 4) is 5.75 Å². The van der Waals surface area contributed by atoms with Gasteiger partial charge in [0.25, 0.3) is 0 Å². The number of carbonyl (C=O) groups is 1. The average molecular weight is 356 g/mol. The van der Waals surface area contributed by atoms with Crippen LogP contribution in [0.4, 0.5) is 0 Å². The zero-order valence-corrected chi connectivity index (χ0v) is 14.9. The molecule has 2 aromatic rings. The molecule has 0 bridgehead atoms. The van der Waals surface area contributed by atoms with Crippen LogP contribution in [-0.2, 0) is 17.8 Å². The van der Waals surface area contributed by atoms with E-state index in [0.29, 0.717) is 12.3 Å². The van der Waals surface area contributed by atoms with Crippen molar-refractivity contribution in [1.82, 2.24) is 19.9 Å². The number of hydrogen-bond donors (Lipinski definition) is 1. The average Bonchev–Trinajstić information content (AvgIpc) is 2.65. The van der Waals surface area contributed by atoms with Gasteiger partial charge in [-0.2, -0.15) is 0 Å². The summed E-state index contributed by atoms with van der Waals surface area (Å²) in [7, 11) is 0. The molecule has 1 fully saturated rings. The Bertz CT molecular complexity index is 708. The molecule has 0 aliphatic carbocycles. The summed E-state index contributed by atoms with van der Waals surface area (Å²) in [6.45, 7) is 4.27. The Morgan fingerprint density at radius 1 is 1.35 bits per heavy atom. The number of pyridine rings is 1. The molecule has 3 heterocycles. The fourth-order valence-electron chi connectivity index (χ4n) is 3.30. The van der Waals surface area contributed by atoms with Crippen LogP contribution >= 0.6 is 0 Å². The Kier molecular flexibility index (Phi) is 6.12. The third kappa shape index (κ3) is 4.98. The van der Waals surface area contributed by atoms with Crippen LogP contribution in [0.1, 0.15) is 31.2 Å². The topological polar surface area (TPSA) is 88.4 Å². The lowest BCUT2D eigenvalue weighted by atomic mass is 9.91. The molecule has 2 atom stereocenters. The normalized spacial score (nSPS) is 20.7. The number of hydrogen-bond acceptors (Lipinski definition) is 6. The Labute approximate surface area is 153 Å². The lowest BCUT2D eigenvalue weighted by Crippen LogP contribution is -2.46. The second-order valence-corrected chi connectivity index (χ2v) is 6.59. The summed E-state index contributed by atoms with van der Waals surface area (Å²) in [5.41, 5.74) is 1.04. The minimum atomic E-state index is -0.799. The van der Waals surface area contributed by atoms with E-state index in [1.165, 1.54) is 0 Å². The molecule has 0 amide bonds. The summed E-state index contributed by atoms with van der Waals surface area (Å²) in [5.74, 6) is 0.649. The molecule has 0 radical (unpaired) electrons. The smallest absolute Gasteiger partial charge is 0.303 e. The molecule has 26 heavy (non-hydrogen) atoms. The minimum absolute atomic E-state index is 0.0720. The van der Waals surface area contributed by atoms with Crippen molar-refractivity contribution in [2.24, 2.45) is 5.92 Å². The molecule has 0 unspecified atom stereocenters. The predicted molar refractivity (Wildman–Crippen MR) is 95.7 cm³/mol. The van der Waals surface area contributed by atoms with E-state index in [4.69, 9.17) is 4.74 Å². The molecule has 7 heteroatoms. The quantitative estimate of drug-likeness (QED) is 0.813. The van der Waals surface area contributed by atoms with Crippen molar-refractivity contribution in [3.05, 3.63) is 48.3 Å². The second-order valence-electron chi connectivity index (χ2n) is 6.59. The maximum atomic E-state index is 11.3. The first-order chi connectivity index (χ1) is 12.6. The monoisotopic (exact) mass is 356 g/mol. The molecular weight excluding hydrogens is 332 g/mol. The highest BCUT2D eigenvalue weighted by molar-refractivity contribution is 5.67. The van der Waals surface area contributed by atoms with E-state index in [9.17, 15) is 9.90 Å².